The van der Waals surface area contributed by atoms with Gasteiger partial charge in [0, 0.05) is 0 Å². The molecule has 0 heterocycles. The summed E-state index contributed by atoms with van der Waals surface area (Å²) in [5.74, 6) is 0. The zero-order valence-corrected chi connectivity index (χ0v) is 5.88. The van der Waals surface area contributed by atoms with E-state index in [1.807, 2.05) is 0 Å². The van der Waals surface area contributed by atoms with Gasteiger partial charge in [-0.15, -0.1) is 0 Å². The summed E-state index contributed by atoms with van der Waals surface area (Å²) < 4.78 is 29.2. The second-order valence-electron chi connectivity index (χ2n) is 1.79. The molecule has 0 bridgehead atoms. The van der Waals surface area contributed by atoms with Gasteiger partial charge in [-0.05, 0) is 12.1 Å². The quantitative estimate of drug-likeness (QED) is 0.623. The minimum absolute atomic E-state index is 0. The third-order valence-electron chi connectivity index (χ3n) is 1.04. The van der Waals surface area contributed by atoms with Gasteiger partial charge in [0.2, 0.25) is 0 Å². The molecule has 1 aromatic rings. The van der Waals surface area contributed by atoms with Crippen LogP contribution in [0.2, 0.25) is 0 Å². The van der Waals surface area contributed by atoms with Crippen molar-refractivity contribution in [2.24, 2.45) is 0 Å². The lowest BCUT2D eigenvalue weighted by molar-refractivity contribution is 0.483. The van der Waals surface area contributed by atoms with Crippen LogP contribution in [0.15, 0.2) is 35.2 Å². The molecule has 1 aromatic carbocycles. The second-order valence-corrected chi connectivity index (χ2v) is 3.21. The molecule has 0 fully saturated rings. The molecule has 1 rings (SSSR count). The van der Waals surface area contributed by atoms with E-state index in [0.29, 0.717) is 0 Å². The van der Waals surface area contributed by atoms with Crippen LogP contribution in [0.25, 0.3) is 0 Å². The SMILES string of the molecule is O=S(=O)(O)c1ccccc1.[H+]. The van der Waals surface area contributed by atoms with E-state index < -0.39 is 10.1 Å². The molecule has 0 aromatic heterocycles. The molecule has 0 unspecified atom stereocenters. The summed E-state index contributed by atoms with van der Waals surface area (Å²) in [7, 11) is -4.00. The van der Waals surface area contributed by atoms with Crippen molar-refractivity contribution in [1.29, 1.82) is 0 Å². The fraction of sp³-hybridized carbons (Fsp3) is 0. The van der Waals surface area contributed by atoms with Gasteiger partial charge in [-0.1, -0.05) is 18.2 Å². The standard InChI is InChI=1S/C6H6O3S/c7-10(8,9)6-4-2-1-3-5-6/h1-5H,(H,7,8,9)/p+1. The van der Waals surface area contributed by atoms with Crippen LogP contribution in [-0.4, -0.2) is 13.0 Å². The minimum Gasteiger partial charge on any atom is -0.282 e. The summed E-state index contributed by atoms with van der Waals surface area (Å²) in [6.07, 6.45) is 0. The highest BCUT2D eigenvalue weighted by molar-refractivity contribution is 7.85. The van der Waals surface area contributed by atoms with Crippen LogP contribution >= 0.6 is 0 Å². The van der Waals surface area contributed by atoms with Crippen molar-refractivity contribution in [2.45, 2.75) is 4.90 Å². The molecular formula is C6H7O3S+. The van der Waals surface area contributed by atoms with E-state index in [2.05, 4.69) is 0 Å². The maximum absolute atomic E-state index is 10.4. The van der Waals surface area contributed by atoms with Gasteiger partial charge in [0.25, 0.3) is 10.1 Å². The maximum Gasteiger partial charge on any atom is 1.00 e. The van der Waals surface area contributed by atoms with Crippen LogP contribution in [0.4, 0.5) is 0 Å². The van der Waals surface area contributed by atoms with Crippen LogP contribution in [0.3, 0.4) is 0 Å². The lowest BCUT2D eigenvalue weighted by atomic mass is 10.4. The van der Waals surface area contributed by atoms with E-state index in [0.717, 1.165) is 0 Å². The fourth-order valence-electron chi connectivity index (χ4n) is 0.592. The Labute approximate surface area is 60.5 Å². The highest BCUT2D eigenvalue weighted by Crippen LogP contribution is 2.05. The first kappa shape index (κ1) is 7.24. The van der Waals surface area contributed by atoms with Gasteiger partial charge in [-0.25, -0.2) is 0 Å². The molecule has 3 nitrogen and oxygen atoms in total. The highest BCUT2D eigenvalue weighted by Gasteiger charge is 2.05. The molecule has 1 N–H and O–H groups in total. The van der Waals surface area contributed by atoms with Crippen molar-refractivity contribution >= 4 is 10.1 Å². The van der Waals surface area contributed by atoms with Gasteiger partial charge >= 0.3 is 1.43 Å². The number of rotatable bonds is 1. The number of benzene rings is 1. The van der Waals surface area contributed by atoms with E-state index in [9.17, 15) is 8.42 Å². The molecule has 0 radical (unpaired) electrons. The molecule has 4 heteroatoms. The molecule has 0 saturated heterocycles. The Balaban J connectivity index is 0.000001000. The van der Waals surface area contributed by atoms with Crippen LogP contribution < -0.4 is 0 Å². The van der Waals surface area contributed by atoms with Crippen molar-refractivity contribution in [3.63, 3.8) is 0 Å². The molecule has 54 valence electrons. The largest absolute Gasteiger partial charge is 1.00 e. The Bertz CT molecular complexity index is 306. The van der Waals surface area contributed by atoms with Crippen molar-refractivity contribution in [3.8, 4) is 0 Å². The summed E-state index contributed by atoms with van der Waals surface area (Å²) >= 11 is 0. The van der Waals surface area contributed by atoms with Crippen LogP contribution in [0, 0.1) is 0 Å². The Morgan fingerprint density at radius 2 is 1.70 bits per heavy atom. The number of hydrogen-bond donors (Lipinski definition) is 1. The predicted octanol–water partition coefficient (Wildman–Crippen LogP) is 1.05. The first-order chi connectivity index (χ1) is 4.61. The summed E-state index contributed by atoms with van der Waals surface area (Å²) in [6.45, 7) is 0. The molecule has 0 aliphatic heterocycles. The van der Waals surface area contributed by atoms with E-state index in [4.69, 9.17) is 4.55 Å². The molecule has 0 amide bonds. The van der Waals surface area contributed by atoms with Gasteiger partial charge in [0.1, 0.15) is 0 Å². The third kappa shape index (κ3) is 1.55. The van der Waals surface area contributed by atoms with Crippen molar-refractivity contribution in [2.75, 3.05) is 0 Å². The Morgan fingerprint density at radius 1 is 1.20 bits per heavy atom. The molecule has 0 atom stereocenters. The molecular weight excluding hydrogens is 152 g/mol. The van der Waals surface area contributed by atoms with Crippen molar-refractivity contribution < 1.29 is 14.4 Å². The topological polar surface area (TPSA) is 54.4 Å². The number of hydrogen-bond acceptors (Lipinski definition) is 2. The first-order valence-electron chi connectivity index (χ1n) is 2.63. The van der Waals surface area contributed by atoms with E-state index in [1.54, 1.807) is 18.2 Å². The minimum atomic E-state index is -4.00. The summed E-state index contributed by atoms with van der Waals surface area (Å²) in [6, 6.07) is 7.42. The zero-order valence-electron chi connectivity index (χ0n) is 6.06. The molecule has 10 heavy (non-hydrogen) atoms. The summed E-state index contributed by atoms with van der Waals surface area (Å²) in [5, 5.41) is 0. The van der Waals surface area contributed by atoms with E-state index >= 15 is 0 Å². The van der Waals surface area contributed by atoms with Crippen molar-refractivity contribution in [3.05, 3.63) is 30.3 Å². The lowest BCUT2D eigenvalue weighted by Gasteiger charge is -1.92. The predicted molar refractivity (Wildman–Crippen MR) is 37.4 cm³/mol. The van der Waals surface area contributed by atoms with Gasteiger partial charge < -0.3 is 0 Å². The Morgan fingerprint density at radius 3 is 2.00 bits per heavy atom. The van der Waals surface area contributed by atoms with Gasteiger partial charge in [0.05, 0.1) is 4.90 Å². The van der Waals surface area contributed by atoms with Gasteiger partial charge in [0.15, 0.2) is 0 Å². The normalized spacial score (nSPS) is 11.3. The Kier molecular flexibility index (Phi) is 1.74. The van der Waals surface area contributed by atoms with E-state index in [1.165, 1.54) is 12.1 Å². The molecule has 0 aliphatic carbocycles. The zero-order chi connectivity index (χ0) is 7.61. The van der Waals surface area contributed by atoms with Crippen LogP contribution in [0.5, 0.6) is 0 Å². The smallest absolute Gasteiger partial charge is 0.282 e. The van der Waals surface area contributed by atoms with Gasteiger partial charge in [-0.3, -0.25) is 4.55 Å². The third-order valence-corrected chi connectivity index (χ3v) is 1.91. The highest BCUT2D eigenvalue weighted by atomic mass is 32.2. The molecule has 0 aliphatic rings. The van der Waals surface area contributed by atoms with Crippen LogP contribution in [0.1, 0.15) is 1.43 Å². The summed E-state index contributed by atoms with van der Waals surface area (Å²) in [5.41, 5.74) is 0. The average molecular weight is 159 g/mol. The fourth-order valence-corrected chi connectivity index (χ4v) is 1.09. The summed E-state index contributed by atoms with van der Waals surface area (Å²) in [4.78, 5) is -0.0741. The van der Waals surface area contributed by atoms with Crippen molar-refractivity contribution in [1.82, 2.24) is 0 Å². The van der Waals surface area contributed by atoms with Gasteiger partial charge in [-0.2, -0.15) is 8.42 Å². The lowest BCUT2D eigenvalue weighted by Crippen LogP contribution is -1.96. The maximum atomic E-state index is 10.4. The first-order valence-corrected chi connectivity index (χ1v) is 4.07. The second kappa shape index (κ2) is 2.40. The monoisotopic (exact) mass is 159 g/mol. The average Bonchev–Trinajstić information content (AvgIpc) is 1.88. The molecule has 0 saturated carbocycles. The molecule has 0 spiro atoms. The van der Waals surface area contributed by atoms with E-state index in [-0.39, 0.29) is 6.32 Å². The Hall–Kier alpha value is -0.870. The van der Waals surface area contributed by atoms with Crippen LogP contribution in [-0.2, 0) is 10.1 Å².